The Kier molecular flexibility index (Phi) is 3.66. The highest BCUT2D eigenvalue weighted by Crippen LogP contribution is 2.18. The molecule has 16 heavy (non-hydrogen) atoms. The van der Waals surface area contributed by atoms with Crippen LogP contribution in [0.3, 0.4) is 0 Å². The summed E-state index contributed by atoms with van der Waals surface area (Å²) in [4.78, 5) is 18.1. The number of aromatic nitrogens is 1. The van der Waals surface area contributed by atoms with Gasteiger partial charge in [-0.05, 0) is 6.07 Å². The lowest BCUT2D eigenvalue weighted by Crippen LogP contribution is -2.38. The van der Waals surface area contributed by atoms with Gasteiger partial charge in [-0.25, -0.2) is 0 Å². The fourth-order valence-electron chi connectivity index (χ4n) is 1.72. The normalized spacial score (nSPS) is 15.9. The van der Waals surface area contributed by atoms with Crippen molar-refractivity contribution < 1.29 is 4.79 Å². The van der Waals surface area contributed by atoms with Gasteiger partial charge in [0.2, 0.25) is 0 Å². The predicted octanol–water partition coefficient (Wildman–Crippen LogP) is 1.31. The first-order chi connectivity index (χ1) is 7.83. The number of amides is 1. The number of nitrogens with one attached hydrogen (secondary N) is 1. The van der Waals surface area contributed by atoms with E-state index in [4.69, 9.17) is 0 Å². The Morgan fingerprint density at radius 3 is 2.94 bits per heavy atom. The molecule has 0 unspecified atom stereocenters. The molecule has 1 aromatic rings. The Bertz CT molecular complexity index is 377. The van der Waals surface area contributed by atoms with Gasteiger partial charge < -0.3 is 10.2 Å². The van der Waals surface area contributed by atoms with Gasteiger partial charge in [-0.15, -0.1) is 0 Å². The number of carbonyl (C=O) groups is 1. The van der Waals surface area contributed by atoms with Gasteiger partial charge in [0.1, 0.15) is 0 Å². The summed E-state index contributed by atoms with van der Waals surface area (Å²) in [6.07, 6.45) is 3.32. The lowest BCUT2D eigenvalue weighted by Gasteiger charge is -2.27. The molecule has 1 aromatic heterocycles. The molecule has 1 aliphatic heterocycles. The summed E-state index contributed by atoms with van der Waals surface area (Å²) < 4.78 is 0. The van der Waals surface area contributed by atoms with Gasteiger partial charge in [0.25, 0.3) is 5.91 Å². The molecular formula is C11H15N3OS. The van der Waals surface area contributed by atoms with Crippen LogP contribution >= 0.6 is 11.8 Å². The van der Waals surface area contributed by atoms with E-state index in [1.165, 1.54) is 0 Å². The van der Waals surface area contributed by atoms with E-state index in [9.17, 15) is 4.79 Å². The molecule has 0 radical (unpaired) electrons. The maximum absolute atomic E-state index is 12.2. The molecule has 1 amide bonds. The van der Waals surface area contributed by atoms with Crippen molar-refractivity contribution in [2.75, 3.05) is 37.0 Å². The monoisotopic (exact) mass is 237 g/mol. The summed E-state index contributed by atoms with van der Waals surface area (Å²) in [5.74, 6) is 2.14. The molecule has 1 fully saturated rings. The van der Waals surface area contributed by atoms with Crippen molar-refractivity contribution >= 4 is 23.4 Å². The quantitative estimate of drug-likeness (QED) is 0.842. The van der Waals surface area contributed by atoms with Gasteiger partial charge >= 0.3 is 0 Å². The minimum atomic E-state index is 0.0813. The Hall–Kier alpha value is -1.23. The van der Waals surface area contributed by atoms with E-state index in [1.54, 1.807) is 12.4 Å². The maximum atomic E-state index is 12.2. The SMILES string of the molecule is CNc1ccncc1C(=O)N1CCSCC1. The van der Waals surface area contributed by atoms with Crippen LogP contribution in [0.25, 0.3) is 0 Å². The predicted molar refractivity (Wildman–Crippen MR) is 67.0 cm³/mol. The zero-order valence-electron chi connectivity index (χ0n) is 9.27. The van der Waals surface area contributed by atoms with Gasteiger partial charge in [0.15, 0.2) is 0 Å². The minimum absolute atomic E-state index is 0.0813. The number of pyridine rings is 1. The molecular weight excluding hydrogens is 222 g/mol. The van der Waals surface area contributed by atoms with Crippen LogP contribution < -0.4 is 5.32 Å². The van der Waals surface area contributed by atoms with Crippen molar-refractivity contribution in [1.82, 2.24) is 9.88 Å². The van der Waals surface area contributed by atoms with Crippen molar-refractivity contribution in [1.29, 1.82) is 0 Å². The van der Waals surface area contributed by atoms with E-state index < -0.39 is 0 Å². The third kappa shape index (κ3) is 2.29. The number of carbonyl (C=O) groups excluding carboxylic acids is 1. The molecule has 1 saturated heterocycles. The van der Waals surface area contributed by atoms with Crippen molar-refractivity contribution in [2.45, 2.75) is 0 Å². The molecule has 0 bridgehead atoms. The Balaban J connectivity index is 2.19. The first-order valence-corrected chi connectivity index (χ1v) is 6.47. The molecule has 5 heteroatoms. The number of anilines is 1. The van der Waals surface area contributed by atoms with Gasteiger partial charge in [0.05, 0.1) is 5.56 Å². The summed E-state index contributed by atoms with van der Waals surface area (Å²) in [5.41, 5.74) is 1.51. The summed E-state index contributed by atoms with van der Waals surface area (Å²) in [6.45, 7) is 1.67. The summed E-state index contributed by atoms with van der Waals surface area (Å²) in [6, 6.07) is 1.83. The summed E-state index contributed by atoms with van der Waals surface area (Å²) in [7, 11) is 1.82. The number of rotatable bonds is 2. The van der Waals surface area contributed by atoms with Gasteiger partial charge in [-0.1, -0.05) is 0 Å². The Morgan fingerprint density at radius 2 is 2.25 bits per heavy atom. The fourth-order valence-corrected chi connectivity index (χ4v) is 2.62. The molecule has 2 rings (SSSR count). The second kappa shape index (κ2) is 5.21. The van der Waals surface area contributed by atoms with Crippen molar-refractivity contribution in [2.24, 2.45) is 0 Å². The Labute approximate surface area is 99.4 Å². The highest BCUT2D eigenvalue weighted by Gasteiger charge is 2.20. The molecule has 1 N–H and O–H groups in total. The molecule has 0 spiro atoms. The highest BCUT2D eigenvalue weighted by molar-refractivity contribution is 7.99. The largest absolute Gasteiger partial charge is 0.387 e. The van der Waals surface area contributed by atoms with Crippen LogP contribution in [0.1, 0.15) is 10.4 Å². The standard InChI is InChI=1S/C11H15N3OS/c1-12-10-2-3-13-8-9(10)11(15)14-4-6-16-7-5-14/h2-3,8H,4-7H2,1H3,(H,12,13). The number of hydrogen-bond donors (Lipinski definition) is 1. The molecule has 0 atom stereocenters. The third-order valence-corrected chi connectivity index (χ3v) is 3.56. The molecule has 4 nitrogen and oxygen atoms in total. The molecule has 0 aromatic carbocycles. The average molecular weight is 237 g/mol. The number of nitrogens with zero attached hydrogens (tertiary/aromatic N) is 2. The van der Waals surface area contributed by atoms with Crippen LogP contribution in [0.15, 0.2) is 18.5 Å². The zero-order chi connectivity index (χ0) is 11.4. The lowest BCUT2D eigenvalue weighted by atomic mass is 10.2. The zero-order valence-corrected chi connectivity index (χ0v) is 10.1. The van der Waals surface area contributed by atoms with E-state index in [-0.39, 0.29) is 5.91 Å². The number of hydrogen-bond acceptors (Lipinski definition) is 4. The summed E-state index contributed by atoms with van der Waals surface area (Å²) in [5, 5.41) is 3.02. The van der Waals surface area contributed by atoms with Crippen molar-refractivity contribution in [3.05, 3.63) is 24.0 Å². The smallest absolute Gasteiger partial charge is 0.257 e. The van der Waals surface area contributed by atoms with Crippen LogP contribution in [-0.4, -0.2) is 47.4 Å². The fraction of sp³-hybridized carbons (Fsp3) is 0.455. The van der Waals surface area contributed by atoms with E-state index in [2.05, 4.69) is 10.3 Å². The first-order valence-electron chi connectivity index (χ1n) is 5.31. The van der Waals surface area contributed by atoms with Gasteiger partial charge in [-0.3, -0.25) is 9.78 Å². The number of thioether (sulfide) groups is 1. The van der Waals surface area contributed by atoms with Gasteiger partial charge in [0, 0.05) is 49.7 Å². The van der Waals surface area contributed by atoms with Crippen LogP contribution in [0, 0.1) is 0 Å². The van der Waals surface area contributed by atoms with Crippen LogP contribution in [0.2, 0.25) is 0 Å². The van der Waals surface area contributed by atoms with Crippen LogP contribution in [0.5, 0.6) is 0 Å². The van der Waals surface area contributed by atoms with E-state index in [0.29, 0.717) is 5.56 Å². The van der Waals surface area contributed by atoms with Gasteiger partial charge in [-0.2, -0.15) is 11.8 Å². The second-order valence-corrected chi connectivity index (χ2v) is 4.80. The molecule has 0 aliphatic carbocycles. The maximum Gasteiger partial charge on any atom is 0.257 e. The van der Waals surface area contributed by atoms with Crippen molar-refractivity contribution in [3.63, 3.8) is 0 Å². The van der Waals surface area contributed by atoms with Crippen molar-refractivity contribution in [3.8, 4) is 0 Å². The molecule has 1 aliphatic rings. The highest BCUT2D eigenvalue weighted by atomic mass is 32.2. The molecule has 86 valence electrons. The second-order valence-electron chi connectivity index (χ2n) is 3.58. The molecule has 2 heterocycles. The first kappa shape index (κ1) is 11.3. The van der Waals surface area contributed by atoms with Crippen LogP contribution in [-0.2, 0) is 0 Å². The average Bonchev–Trinajstić information content (AvgIpc) is 2.39. The van der Waals surface area contributed by atoms with E-state index in [1.807, 2.05) is 29.8 Å². The van der Waals surface area contributed by atoms with Crippen LogP contribution in [0.4, 0.5) is 5.69 Å². The van der Waals surface area contributed by atoms with E-state index in [0.717, 1.165) is 30.3 Å². The topological polar surface area (TPSA) is 45.2 Å². The minimum Gasteiger partial charge on any atom is -0.387 e. The Morgan fingerprint density at radius 1 is 1.50 bits per heavy atom. The molecule has 0 saturated carbocycles. The third-order valence-electron chi connectivity index (χ3n) is 2.62. The van der Waals surface area contributed by atoms with E-state index >= 15 is 0 Å². The lowest BCUT2D eigenvalue weighted by molar-refractivity contribution is 0.0773. The summed E-state index contributed by atoms with van der Waals surface area (Å²) >= 11 is 1.90.